The molecule has 1 aromatic carbocycles. The highest BCUT2D eigenvalue weighted by molar-refractivity contribution is 5.32. The molecule has 0 spiro atoms. The maximum absolute atomic E-state index is 2.54. The summed E-state index contributed by atoms with van der Waals surface area (Å²) in [4.78, 5) is 0. The van der Waals surface area contributed by atoms with Crippen LogP contribution in [0.1, 0.15) is 96.8 Å². The Morgan fingerprint density at radius 1 is 0.625 bits per heavy atom. The summed E-state index contributed by atoms with van der Waals surface area (Å²) < 4.78 is 0. The molecule has 1 aromatic rings. The van der Waals surface area contributed by atoms with E-state index in [1.807, 2.05) is 0 Å². The Morgan fingerprint density at radius 2 is 1.08 bits per heavy atom. The van der Waals surface area contributed by atoms with Gasteiger partial charge in [-0.2, -0.15) is 0 Å². The van der Waals surface area contributed by atoms with E-state index >= 15 is 0 Å². The van der Waals surface area contributed by atoms with Crippen LogP contribution in [0, 0.1) is 17.8 Å². The van der Waals surface area contributed by atoms with Gasteiger partial charge in [0.2, 0.25) is 0 Å². The molecule has 0 aliphatic heterocycles. The first kappa shape index (κ1) is 21.3. The highest BCUT2D eigenvalue weighted by Crippen LogP contribution is 2.22. The van der Waals surface area contributed by atoms with Crippen LogP contribution in [0.15, 0.2) is 18.2 Å². The number of aryl methyl sites for hydroxylation is 3. The third-order valence-corrected chi connectivity index (χ3v) is 6.10. The van der Waals surface area contributed by atoms with E-state index in [-0.39, 0.29) is 0 Å². The van der Waals surface area contributed by atoms with Gasteiger partial charge in [-0.3, -0.25) is 0 Å². The molecule has 3 atom stereocenters. The third kappa shape index (κ3) is 7.86. The zero-order valence-electron chi connectivity index (χ0n) is 17.3. The Balaban J connectivity index is 2.79. The van der Waals surface area contributed by atoms with E-state index in [4.69, 9.17) is 0 Å². The maximum Gasteiger partial charge on any atom is -0.0274 e. The average molecular weight is 331 g/mol. The van der Waals surface area contributed by atoms with Gasteiger partial charge in [-0.05, 0) is 73.0 Å². The molecule has 0 aromatic heterocycles. The number of hydrogen-bond acceptors (Lipinski definition) is 0. The van der Waals surface area contributed by atoms with Gasteiger partial charge in [-0.1, -0.05) is 79.0 Å². The molecule has 0 saturated carbocycles. The van der Waals surface area contributed by atoms with Crippen molar-refractivity contribution in [3.05, 3.63) is 34.9 Å². The van der Waals surface area contributed by atoms with Crippen molar-refractivity contribution in [1.82, 2.24) is 0 Å². The summed E-state index contributed by atoms with van der Waals surface area (Å²) in [6.07, 6.45) is 11.7. The number of benzene rings is 1. The van der Waals surface area contributed by atoms with E-state index in [1.54, 1.807) is 16.7 Å². The van der Waals surface area contributed by atoms with Crippen LogP contribution in [0.25, 0.3) is 0 Å². The van der Waals surface area contributed by atoms with Gasteiger partial charge in [0.15, 0.2) is 0 Å². The molecule has 0 heterocycles. The summed E-state index contributed by atoms with van der Waals surface area (Å²) >= 11 is 0. The lowest BCUT2D eigenvalue weighted by atomic mass is 9.89. The molecule has 0 aliphatic rings. The third-order valence-electron chi connectivity index (χ3n) is 6.10. The van der Waals surface area contributed by atoms with E-state index in [9.17, 15) is 0 Å². The van der Waals surface area contributed by atoms with Gasteiger partial charge in [0.25, 0.3) is 0 Å². The predicted octanol–water partition coefficient (Wildman–Crippen LogP) is 7.62. The minimum atomic E-state index is 0.844. The van der Waals surface area contributed by atoms with Gasteiger partial charge in [0.05, 0.1) is 0 Å². The van der Waals surface area contributed by atoms with Crippen LogP contribution in [-0.4, -0.2) is 0 Å². The van der Waals surface area contributed by atoms with Crippen LogP contribution >= 0.6 is 0 Å². The molecule has 0 saturated heterocycles. The average Bonchev–Trinajstić information content (AvgIpc) is 2.62. The smallest absolute Gasteiger partial charge is 0.0274 e. The summed E-state index contributed by atoms with van der Waals surface area (Å²) in [6, 6.07) is 7.39. The Morgan fingerprint density at radius 3 is 1.58 bits per heavy atom. The van der Waals surface area contributed by atoms with Crippen LogP contribution in [0.5, 0.6) is 0 Å². The summed E-state index contributed by atoms with van der Waals surface area (Å²) in [7, 11) is 0. The van der Waals surface area contributed by atoms with Gasteiger partial charge in [0.1, 0.15) is 0 Å². The van der Waals surface area contributed by atoms with E-state index < -0.39 is 0 Å². The molecule has 0 amide bonds. The van der Waals surface area contributed by atoms with Crippen molar-refractivity contribution in [2.75, 3.05) is 0 Å². The topological polar surface area (TPSA) is 0 Å². The SMILES string of the molecule is CCC(C)CCc1ccc(CCC(C)CC)c(CCC(C)CC)c1. The lowest BCUT2D eigenvalue weighted by Crippen LogP contribution is -2.04. The molecule has 3 unspecified atom stereocenters. The second-order valence-electron chi connectivity index (χ2n) is 8.26. The largest absolute Gasteiger partial charge is 0.0651 e. The van der Waals surface area contributed by atoms with Crippen LogP contribution < -0.4 is 0 Å². The van der Waals surface area contributed by atoms with Gasteiger partial charge < -0.3 is 0 Å². The maximum atomic E-state index is 2.54. The van der Waals surface area contributed by atoms with Gasteiger partial charge in [-0.15, -0.1) is 0 Å². The van der Waals surface area contributed by atoms with Crippen molar-refractivity contribution in [1.29, 1.82) is 0 Å². The van der Waals surface area contributed by atoms with Crippen molar-refractivity contribution in [2.24, 2.45) is 17.8 Å². The highest BCUT2D eigenvalue weighted by atomic mass is 14.1. The Labute approximate surface area is 152 Å². The fraction of sp³-hybridized carbons (Fsp3) is 0.750. The second kappa shape index (κ2) is 11.7. The number of rotatable bonds is 12. The van der Waals surface area contributed by atoms with E-state index in [1.165, 1.54) is 57.8 Å². The first-order valence-electron chi connectivity index (χ1n) is 10.6. The van der Waals surface area contributed by atoms with Gasteiger partial charge >= 0.3 is 0 Å². The lowest BCUT2D eigenvalue weighted by Gasteiger charge is -2.16. The summed E-state index contributed by atoms with van der Waals surface area (Å²) in [5.74, 6) is 2.53. The molecular weight excluding hydrogens is 288 g/mol. The van der Waals surface area contributed by atoms with Crippen LogP contribution in [-0.2, 0) is 19.3 Å². The molecule has 138 valence electrons. The zero-order chi connectivity index (χ0) is 17.9. The molecular formula is C24H42. The highest BCUT2D eigenvalue weighted by Gasteiger charge is 2.09. The van der Waals surface area contributed by atoms with Crippen molar-refractivity contribution < 1.29 is 0 Å². The molecule has 0 fully saturated rings. The monoisotopic (exact) mass is 330 g/mol. The zero-order valence-corrected chi connectivity index (χ0v) is 17.3. The lowest BCUT2D eigenvalue weighted by molar-refractivity contribution is 0.504. The first-order chi connectivity index (χ1) is 11.5. The molecule has 0 radical (unpaired) electrons. The summed E-state index contributed by atoms with van der Waals surface area (Å²) in [5, 5.41) is 0. The Hall–Kier alpha value is -0.780. The van der Waals surface area contributed by atoms with Crippen molar-refractivity contribution in [2.45, 2.75) is 99.3 Å². The van der Waals surface area contributed by atoms with E-state index in [0.717, 1.165) is 17.8 Å². The molecule has 0 bridgehead atoms. The van der Waals surface area contributed by atoms with Crippen LogP contribution in [0.3, 0.4) is 0 Å². The molecule has 0 heteroatoms. The predicted molar refractivity (Wildman–Crippen MR) is 110 cm³/mol. The van der Waals surface area contributed by atoms with E-state index in [2.05, 4.69) is 59.7 Å². The summed E-state index contributed by atoms with van der Waals surface area (Å²) in [5.41, 5.74) is 4.81. The van der Waals surface area contributed by atoms with Gasteiger partial charge in [0, 0.05) is 0 Å². The van der Waals surface area contributed by atoms with Crippen molar-refractivity contribution in [3.8, 4) is 0 Å². The van der Waals surface area contributed by atoms with Crippen molar-refractivity contribution in [3.63, 3.8) is 0 Å². The Bertz CT molecular complexity index is 445. The quantitative estimate of drug-likeness (QED) is 0.369. The molecule has 1 rings (SSSR count). The number of hydrogen-bond donors (Lipinski definition) is 0. The molecule has 24 heavy (non-hydrogen) atoms. The van der Waals surface area contributed by atoms with Gasteiger partial charge in [-0.25, -0.2) is 0 Å². The van der Waals surface area contributed by atoms with Crippen LogP contribution in [0.2, 0.25) is 0 Å². The fourth-order valence-corrected chi connectivity index (χ4v) is 3.14. The molecule has 0 nitrogen and oxygen atoms in total. The minimum Gasteiger partial charge on any atom is -0.0651 e. The Kier molecular flexibility index (Phi) is 10.4. The standard InChI is InChI=1S/C24H42/c1-7-19(4)10-13-22-14-17-23(15-11-20(5)8-2)24(18-22)16-12-21(6)9-3/h14,17-21H,7-13,15-16H2,1-6H3. The van der Waals surface area contributed by atoms with Crippen LogP contribution in [0.4, 0.5) is 0 Å². The molecule has 0 N–H and O–H groups in total. The van der Waals surface area contributed by atoms with Crippen molar-refractivity contribution >= 4 is 0 Å². The summed E-state index contributed by atoms with van der Waals surface area (Å²) in [6.45, 7) is 14.1. The normalized spacial score (nSPS) is 15.2. The van der Waals surface area contributed by atoms with E-state index in [0.29, 0.717) is 0 Å². The first-order valence-corrected chi connectivity index (χ1v) is 10.6. The second-order valence-corrected chi connectivity index (χ2v) is 8.26. The molecule has 0 aliphatic carbocycles. The minimum absolute atomic E-state index is 0.844. The fourth-order valence-electron chi connectivity index (χ4n) is 3.14.